The normalized spacial score (nSPS) is 19.4. The zero-order valence-corrected chi connectivity index (χ0v) is 14.4. The van der Waals surface area contributed by atoms with Crippen LogP contribution in [-0.2, 0) is 7.05 Å². The van der Waals surface area contributed by atoms with Crippen molar-refractivity contribution in [1.82, 2.24) is 9.58 Å². The highest BCUT2D eigenvalue weighted by molar-refractivity contribution is 6.15. The third-order valence-corrected chi connectivity index (χ3v) is 4.50. The number of hydrogen-bond donors (Lipinski definition) is 0. The Hall–Kier alpha value is -3.11. The first kappa shape index (κ1) is 15.4. The van der Waals surface area contributed by atoms with Gasteiger partial charge in [-0.2, -0.15) is 0 Å². The fourth-order valence-corrected chi connectivity index (χ4v) is 3.20. The standard InChI is InChI=1S/C21H20N4/c1-24-13-7-9-18(16-24)20-14-21(17-8-6-12-22-15-17)25(2,23-20)19-10-4-3-5-11-19/h3-16H,1-2H3/q+2. The minimum absolute atomic E-state index is 0.375. The lowest BCUT2D eigenvalue weighted by atomic mass is 10.1. The Morgan fingerprint density at radius 1 is 0.920 bits per heavy atom. The summed E-state index contributed by atoms with van der Waals surface area (Å²) in [7, 11) is 4.14. The molecule has 4 nitrogen and oxygen atoms in total. The number of quaternary nitrogens is 1. The van der Waals surface area contributed by atoms with Gasteiger partial charge in [-0.3, -0.25) is 4.98 Å². The van der Waals surface area contributed by atoms with Crippen LogP contribution in [0.1, 0.15) is 11.1 Å². The van der Waals surface area contributed by atoms with E-state index in [-0.39, 0.29) is 0 Å². The summed E-state index contributed by atoms with van der Waals surface area (Å²) < 4.78 is 2.42. The van der Waals surface area contributed by atoms with Crippen LogP contribution in [0.15, 0.2) is 90.6 Å². The molecular weight excluding hydrogens is 308 g/mol. The van der Waals surface area contributed by atoms with E-state index in [9.17, 15) is 0 Å². The van der Waals surface area contributed by atoms with E-state index in [2.05, 4.69) is 60.7 Å². The molecule has 25 heavy (non-hydrogen) atoms. The smallest absolute Gasteiger partial charge is 0.178 e. The van der Waals surface area contributed by atoms with E-state index in [4.69, 9.17) is 5.10 Å². The van der Waals surface area contributed by atoms with Crippen LogP contribution in [0, 0.1) is 0 Å². The molecule has 4 heteroatoms. The minimum Gasteiger partial charge on any atom is -0.264 e. The molecule has 1 unspecified atom stereocenters. The Morgan fingerprint density at radius 3 is 2.44 bits per heavy atom. The molecule has 0 fully saturated rings. The van der Waals surface area contributed by atoms with Crippen LogP contribution >= 0.6 is 0 Å². The molecule has 0 bridgehead atoms. The number of allylic oxidation sites excluding steroid dienone is 1. The monoisotopic (exact) mass is 328 g/mol. The average Bonchev–Trinajstić information content (AvgIpc) is 3.02. The summed E-state index contributed by atoms with van der Waals surface area (Å²) in [6.07, 6.45) is 9.98. The lowest BCUT2D eigenvalue weighted by Crippen LogP contribution is -2.35. The molecule has 1 aliphatic rings. The lowest BCUT2D eigenvalue weighted by Gasteiger charge is -2.25. The lowest BCUT2D eigenvalue weighted by molar-refractivity contribution is -0.671. The van der Waals surface area contributed by atoms with Gasteiger partial charge in [-0.15, -0.1) is 4.59 Å². The minimum atomic E-state index is 0.375. The molecule has 2 aromatic heterocycles. The molecule has 122 valence electrons. The number of aryl methyl sites for hydroxylation is 1. The molecule has 0 spiro atoms. The first-order chi connectivity index (χ1) is 12.2. The van der Waals surface area contributed by atoms with E-state index < -0.39 is 0 Å². The molecular formula is C21H20N4+2. The van der Waals surface area contributed by atoms with Crippen LogP contribution in [0.5, 0.6) is 0 Å². The maximum atomic E-state index is 5.08. The van der Waals surface area contributed by atoms with Crippen molar-refractivity contribution < 1.29 is 4.57 Å². The van der Waals surface area contributed by atoms with Gasteiger partial charge in [0.05, 0.1) is 11.1 Å². The van der Waals surface area contributed by atoms with Crippen molar-refractivity contribution in [1.29, 1.82) is 0 Å². The number of nitrogens with zero attached hydrogens (tertiary/aromatic N) is 4. The summed E-state index contributed by atoms with van der Waals surface area (Å²) in [5.74, 6) is 0. The Morgan fingerprint density at radius 2 is 1.72 bits per heavy atom. The van der Waals surface area contributed by atoms with E-state index >= 15 is 0 Å². The fraction of sp³-hybridized carbons (Fsp3) is 0.0952. The number of para-hydroxylation sites is 1. The second kappa shape index (κ2) is 6.07. The molecule has 0 saturated carbocycles. The maximum absolute atomic E-state index is 5.08. The van der Waals surface area contributed by atoms with Crippen molar-refractivity contribution in [3.63, 3.8) is 0 Å². The van der Waals surface area contributed by atoms with Gasteiger partial charge < -0.3 is 0 Å². The predicted molar refractivity (Wildman–Crippen MR) is 101 cm³/mol. The first-order valence-electron chi connectivity index (χ1n) is 8.27. The molecule has 0 saturated heterocycles. The van der Waals surface area contributed by atoms with Crippen LogP contribution in [0.2, 0.25) is 0 Å². The molecule has 0 aliphatic carbocycles. The Balaban J connectivity index is 1.90. The summed E-state index contributed by atoms with van der Waals surface area (Å²) in [4.78, 5) is 4.29. The second-order valence-electron chi connectivity index (χ2n) is 6.31. The van der Waals surface area contributed by atoms with Gasteiger partial charge in [0.2, 0.25) is 0 Å². The van der Waals surface area contributed by atoms with E-state index in [1.807, 2.05) is 42.2 Å². The van der Waals surface area contributed by atoms with Gasteiger partial charge in [-0.05, 0) is 18.2 Å². The van der Waals surface area contributed by atoms with Crippen LogP contribution in [0.4, 0.5) is 5.69 Å². The Kier molecular flexibility index (Phi) is 3.75. The largest absolute Gasteiger partial charge is 0.264 e. The van der Waals surface area contributed by atoms with Crippen LogP contribution in [-0.4, -0.2) is 17.7 Å². The zero-order valence-electron chi connectivity index (χ0n) is 14.4. The van der Waals surface area contributed by atoms with Gasteiger partial charge in [0.1, 0.15) is 19.8 Å². The highest BCUT2D eigenvalue weighted by Crippen LogP contribution is 2.37. The highest BCUT2D eigenvalue weighted by atomic mass is 15.6. The average molecular weight is 328 g/mol. The third-order valence-electron chi connectivity index (χ3n) is 4.50. The summed E-state index contributed by atoms with van der Waals surface area (Å²) in [6.45, 7) is 0. The molecule has 0 radical (unpaired) electrons. The van der Waals surface area contributed by atoms with Gasteiger partial charge in [0.15, 0.2) is 23.8 Å². The maximum Gasteiger partial charge on any atom is 0.178 e. The van der Waals surface area contributed by atoms with Gasteiger partial charge in [-0.1, -0.05) is 23.3 Å². The van der Waals surface area contributed by atoms with Gasteiger partial charge in [0.25, 0.3) is 0 Å². The predicted octanol–water partition coefficient (Wildman–Crippen LogP) is 3.30. The fourth-order valence-electron chi connectivity index (χ4n) is 3.20. The summed E-state index contributed by atoms with van der Waals surface area (Å²) in [6, 6.07) is 18.5. The highest BCUT2D eigenvalue weighted by Gasteiger charge is 2.38. The molecule has 0 N–H and O–H groups in total. The van der Waals surface area contributed by atoms with Crippen molar-refractivity contribution in [2.24, 2.45) is 12.1 Å². The third kappa shape index (κ3) is 2.77. The SMILES string of the molecule is C[n+]1cccc(C2=N[N+](C)(c3ccccc3)C(c3cccnc3)=C2)c1. The van der Waals surface area contributed by atoms with Crippen LogP contribution in [0.25, 0.3) is 5.70 Å². The quantitative estimate of drug-likeness (QED) is 0.536. The number of aromatic nitrogens is 2. The first-order valence-corrected chi connectivity index (χ1v) is 8.27. The molecule has 0 amide bonds. The molecule has 4 rings (SSSR count). The van der Waals surface area contributed by atoms with Crippen LogP contribution in [0.3, 0.4) is 0 Å². The molecule has 1 aromatic carbocycles. The number of pyridine rings is 2. The molecule has 3 heterocycles. The van der Waals surface area contributed by atoms with Crippen LogP contribution < -0.4 is 9.16 Å². The number of rotatable bonds is 3. The van der Waals surface area contributed by atoms with Crippen molar-refractivity contribution in [2.75, 3.05) is 7.05 Å². The molecule has 1 atom stereocenters. The number of hydrogen-bond acceptors (Lipinski definition) is 2. The van der Waals surface area contributed by atoms with Gasteiger partial charge >= 0.3 is 0 Å². The van der Waals surface area contributed by atoms with E-state index in [1.165, 1.54) is 0 Å². The van der Waals surface area contributed by atoms with E-state index in [0.717, 1.165) is 28.2 Å². The zero-order chi connectivity index (χ0) is 17.3. The van der Waals surface area contributed by atoms with Crippen molar-refractivity contribution in [3.05, 3.63) is 96.6 Å². The summed E-state index contributed by atoms with van der Waals surface area (Å²) in [5.41, 5.74) is 5.38. The molecule has 3 aromatic rings. The van der Waals surface area contributed by atoms with Gasteiger partial charge in [-0.25, -0.2) is 4.57 Å². The number of benzene rings is 1. The van der Waals surface area contributed by atoms with Crippen molar-refractivity contribution in [2.45, 2.75) is 0 Å². The van der Waals surface area contributed by atoms with E-state index in [0.29, 0.717) is 4.59 Å². The van der Waals surface area contributed by atoms with Crippen molar-refractivity contribution in [3.8, 4) is 0 Å². The summed E-state index contributed by atoms with van der Waals surface area (Å²) >= 11 is 0. The summed E-state index contributed by atoms with van der Waals surface area (Å²) in [5, 5.41) is 5.08. The second-order valence-corrected chi connectivity index (χ2v) is 6.31. The van der Waals surface area contributed by atoms with E-state index in [1.54, 1.807) is 6.20 Å². The topological polar surface area (TPSA) is 29.1 Å². The Labute approximate surface area is 147 Å². The molecule has 1 aliphatic heterocycles. The van der Waals surface area contributed by atoms with Crippen molar-refractivity contribution >= 4 is 17.1 Å². The van der Waals surface area contributed by atoms with Gasteiger partial charge in [0, 0.05) is 36.7 Å². The Bertz CT molecular complexity index is 961.